The first-order valence-electron chi connectivity index (χ1n) is 8.40. The summed E-state index contributed by atoms with van der Waals surface area (Å²) in [5.74, 6) is 1.82. The van der Waals surface area contributed by atoms with Crippen molar-refractivity contribution in [2.24, 2.45) is 5.92 Å². The molecule has 0 amide bonds. The van der Waals surface area contributed by atoms with Gasteiger partial charge >= 0.3 is 0 Å². The van der Waals surface area contributed by atoms with Gasteiger partial charge in [-0.05, 0) is 49.8 Å². The second-order valence-electron chi connectivity index (χ2n) is 6.83. The highest BCUT2D eigenvalue weighted by molar-refractivity contribution is 5.27. The fourth-order valence-electron chi connectivity index (χ4n) is 3.23. The lowest BCUT2D eigenvalue weighted by Crippen LogP contribution is -2.31. The molecule has 2 atom stereocenters. The molecule has 3 heteroatoms. The molecule has 1 aromatic rings. The van der Waals surface area contributed by atoms with Crippen LogP contribution >= 0.6 is 0 Å². The summed E-state index contributed by atoms with van der Waals surface area (Å²) >= 11 is 0. The van der Waals surface area contributed by atoms with Crippen LogP contribution in [-0.4, -0.2) is 36.7 Å². The molecule has 3 nitrogen and oxygen atoms in total. The number of nitrogens with zero attached hydrogens (tertiary/aromatic N) is 1. The van der Waals surface area contributed by atoms with E-state index in [-0.39, 0.29) is 0 Å². The minimum atomic E-state index is 0.708. The maximum absolute atomic E-state index is 5.88. The summed E-state index contributed by atoms with van der Waals surface area (Å²) in [7, 11) is 0. The smallest absolute Gasteiger partial charge is 0.119 e. The predicted octanol–water partition coefficient (Wildman–Crippen LogP) is 3.05. The van der Waals surface area contributed by atoms with Crippen molar-refractivity contribution in [2.45, 2.75) is 51.7 Å². The summed E-state index contributed by atoms with van der Waals surface area (Å²) in [6.07, 6.45) is 4.01. The largest absolute Gasteiger partial charge is 0.492 e. The van der Waals surface area contributed by atoms with Gasteiger partial charge in [0.25, 0.3) is 0 Å². The predicted molar refractivity (Wildman–Crippen MR) is 86.6 cm³/mol. The fraction of sp³-hybridized carbons (Fsp3) is 0.667. The quantitative estimate of drug-likeness (QED) is 0.834. The van der Waals surface area contributed by atoms with Crippen LogP contribution in [0.15, 0.2) is 24.3 Å². The average Bonchev–Trinajstić information content (AvgIpc) is 3.24. The van der Waals surface area contributed by atoms with Crippen LogP contribution < -0.4 is 10.1 Å². The summed E-state index contributed by atoms with van der Waals surface area (Å²) in [6, 6.07) is 10.0. The minimum absolute atomic E-state index is 0.708. The SMILES string of the molecule is CC1CC(C)N(CCOc2ccc(CNC3CC3)cc2)C1. The van der Waals surface area contributed by atoms with Gasteiger partial charge in [0.2, 0.25) is 0 Å². The van der Waals surface area contributed by atoms with Gasteiger partial charge in [-0.3, -0.25) is 4.90 Å². The van der Waals surface area contributed by atoms with E-state index in [0.29, 0.717) is 6.04 Å². The highest BCUT2D eigenvalue weighted by Crippen LogP contribution is 2.22. The van der Waals surface area contributed by atoms with E-state index in [1.165, 1.54) is 31.4 Å². The van der Waals surface area contributed by atoms with Gasteiger partial charge in [-0.15, -0.1) is 0 Å². The molecule has 0 spiro atoms. The maximum Gasteiger partial charge on any atom is 0.119 e. The van der Waals surface area contributed by atoms with E-state index in [4.69, 9.17) is 4.74 Å². The third kappa shape index (κ3) is 4.45. The first-order valence-corrected chi connectivity index (χ1v) is 8.40. The Morgan fingerprint density at radius 1 is 1.19 bits per heavy atom. The summed E-state index contributed by atoms with van der Waals surface area (Å²) in [5, 5.41) is 3.53. The molecule has 1 saturated heterocycles. The molecule has 1 aliphatic carbocycles. The molecular formula is C18H28N2O. The number of rotatable bonds is 7. The summed E-state index contributed by atoms with van der Waals surface area (Å²) in [6.45, 7) is 8.69. The van der Waals surface area contributed by atoms with E-state index in [1.807, 2.05) is 0 Å². The Bertz CT molecular complexity index is 441. The van der Waals surface area contributed by atoms with Crippen LogP contribution in [0.4, 0.5) is 0 Å². The van der Waals surface area contributed by atoms with Crippen LogP contribution in [0.5, 0.6) is 5.75 Å². The van der Waals surface area contributed by atoms with E-state index in [2.05, 4.69) is 48.3 Å². The van der Waals surface area contributed by atoms with E-state index < -0.39 is 0 Å². The lowest BCUT2D eigenvalue weighted by molar-refractivity contribution is 0.202. The number of hydrogen-bond donors (Lipinski definition) is 1. The highest BCUT2D eigenvalue weighted by Gasteiger charge is 2.25. The van der Waals surface area contributed by atoms with Crippen LogP contribution in [0, 0.1) is 5.92 Å². The lowest BCUT2D eigenvalue weighted by atomic mass is 10.1. The van der Waals surface area contributed by atoms with Crippen molar-refractivity contribution in [1.82, 2.24) is 10.2 Å². The van der Waals surface area contributed by atoms with Gasteiger partial charge in [0.15, 0.2) is 0 Å². The van der Waals surface area contributed by atoms with Gasteiger partial charge < -0.3 is 10.1 Å². The fourth-order valence-corrected chi connectivity index (χ4v) is 3.23. The molecular weight excluding hydrogens is 260 g/mol. The third-order valence-electron chi connectivity index (χ3n) is 4.66. The molecule has 0 bridgehead atoms. The van der Waals surface area contributed by atoms with Gasteiger partial charge in [-0.1, -0.05) is 19.1 Å². The molecule has 1 aromatic carbocycles. The Kier molecular flexibility index (Phi) is 4.81. The lowest BCUT2D eigenvalue weighted by Gasteiger charge is -2.20. The zero-order valence-electron chi connectivity index (χ0n) is 13.3. The number of likely N-dealkylation sites (tertiary alicyclic amines) is 1. The van der Waals surface area contributed by atoms with Crippen molar-refractivity contribution in [2.75, 3.05) is 19.7 Å². The Morgan fingerprint density at radius 3 is 2.57 bits per heavy atom. The first kappa shape index (κ1) is 14.9. The topological polar surface area (TPSA) is 24.5 Å². The monoisotopic (exact) mass is 288 g/mol. The van der Waals surface area contributed by atoms with Crippen molar-refractivity contribution >= 4 is 0 Å². The summed E-state index contributed by atoms with van der Waals surface area (Å²) in [5.41, 5.74) is 1.34. The molecule has 1 saturated carbocycles. The van der Waals surface area contributed by atoms with Crippen LogP contribution in [0.3, 0.4) is 0 Å². The van der Waals surface area contributed by atoms with Crippen LogP contribution in [0.1, 0.15) is 38.7 Å². The van der Waals surface area contributed by atoms with E-state index >= 15 is 0 Å². The van der Waals surface area contributed by atoms with Gasteiger partial charge in [0, 0.05) is 31.7 Å². The molecule has 3 rings (SSSR count). The molecule has 0 radical (unpaired) electrons. The summed E-state index contributed by atoms with van der Waals surface area (Å²) in [4.78, 5) is 2.54. The second kappa shape index (κ2) is 6.80. The second-order valence-corrected chi connectivity index (χ2v) is 6.83. The molecule has 2 unspecified atom stereocenters. The van der Waals surface area contributed by atoms with Crippen LogP contribution in [0.25, 0.3) is 0 Å². The molecule has 2 fully saturated rings. The maximum atomic E-state index is 5.88. The van der Waals surface area contributed by atoms with Gasteiger partial charge in [0.05, 0.1) is 0 Å². The number of benzene rings is 1. The van der Waals surface area contributed by atoms with Crippen LogP contribution in [0.2, 0.25) is 0 Å². The van der Waals surface area contributed by atoms with Crippen molar-refractivity contribution in [3.05, 3.63) is 29.8 Å². The Hall–Kier alpha value is -1.06. The van der Waals surface area contributed by atoms with Crippen molar-refractivity contribution in [1.29, 1.82) is 0 Å². The van der Waals surface area contributed by atoms with Gasteiger partial charge in [-0.25, -0.2) is 0 Å². The molecule has 1 aliphatic heterocycles. The zero-order valence-corrected chi connectivity index (χ0v) is 13.3. The van der Waals surface area contributed by atoms with Gasteiger partial charge in [-0.2, -0.15) is 0 Å². The van der Waals surface area contributed by atoms with Crippen molar-refractivity contribution in [3.8, 4) is 5.75 Å². The zero-order chi connectivity index (χ0) is 14.7. The Morgan fingerprint density at radius 2 is 1.95 bits per heavy atom. The first-order chi connectivity index (χ1) is 10.2. The van der Waals surface area contributed by atoms with Crippen molar-refractivity contribution in [3.63, 3.8) is 0 Å². The Labute approximate surface area is 128 Å². The molecule has 1 heterocycles. The normalized spacial score (nSPS) is 26.2. The third-order valence-corrected chi connectivity index (χ3v) is 4.66. The van der Waals surface area contributed by atoms with E-state index in [0.717, 1.165) is 37.4 Å². The molecule has 116 valence electrons. The van der Waals surface area contributed by atoms with E-state index in [1.54, 1.807) is 0 Å². The standard InChI is InChI=1S/C18H28N2O/c1-14-11-15(2)20(13-14)9-10-21-18-7-3-16(4-8-18)12-19-17-5-6-17/h3-4,7-8,14-15,17,19H,5-6,9-13H2,1-2H3. The van der Waals surface area contributed by atoms with Gasteiger partial charge in [0.1, 0.15) is 12.4 Å². The highest BCUT2D eigenvalue weighted by atomic mass is 16.5. The Balaban J connectivity index is 1.38. The minimum Gasteiger partial charge on any atom is -0.492 e. The summed E-state index contributed by atoms with van der Waals surface area (Å²) < 4.78 is 5.88. The molecule has 2 aliphatic rings. The van der Waals surface area contributed by atoms with E-state index in [9.17, 15) is 0 Å². The average molecular weight is 288 g/mol. The molecule has 21 heavy (non-hydrogen) atoms. The molecule has 1 N–H and O–H groups in total. The number of ether oxygens (including phenoxy) is 1. The number of hydrogen-bond acceptors (Lipinski definition) is 3. The van der Waals surface area contributed by atoms with Crippen molar-refractivity contribution < 1.29 is 4.74 Å². The molecule has 0 aromatic heterocycles. The van der Waals surface area contributed by atoms with Crippen LogP contribution in [-0.2, 0) is 6.54 Å². The number of nitrogens with one attached hydrogen (secondary N) is 1.